The maximum atomic E-state index is 3.57. The van der Waals surface area contributed by atoms with Crippen molar-refractivity contribution in [1.29, 1.82) is 0 Å². The highest BCUT2D eigenvalue weighted by molar-refractivity contribution is 9.10. The average Bonchev–Trinajstić information content (AvgIpc) is 1.84. The number of alkyl halides is 2. The number of halogens is 2. The summed E-state index contributed by atoms with van der Waals surface area (Å²) in [5.41, 5.74) is 0. The second-order valence-electron chi connectivity index (χ2n) is 2.06. The second-order valence-corrected chi connectivity index (χ2v) is 3.88. The summed E-state index contributed by atoms with van der Waals surface area (Å²) in [5, 5.41) is 1.09. The Hall–Kier alpha value is 0.960. The molecule has 0 fully saturated rings. The molecule has 0 rings (SSSR count). The molecule has 50 valence electrons. The van der Waals surface area contributed by atoms with Crippen LogP contribution in [0.15, 0.2) is 0 Å². The van der Waals surface area contributed by atoms with Crippen molar-refractivity contribution in [3.63, 3.8) is 0 Å². The molecule has 0 aromatic heterocycles. The van der Waals surface area contributed by atoms with Gasteiger partial charge in [-0.2, -0.15) is 0 Å². The molecule has 0 aromatic rings. The van der Waals surface area contributed by atoms with Crippen LogP contribution < -0.4 is 0 Å². The van der Waals surface area contributed by atoms with Crippen molar-refractivity contribution in [2.45, 2.75) is 25.1 Å². The summed E-state index contributed by atoms with van der Waals surface area (Å²) in [6, 6.07) is 0. The lowest BCUT2D eigenvalue weighted by Crippen LogP contribution is -2.10. The van der Waals surface area contributed by atoms with Crippen molar-refractivity contribution >= 4 is 31.9 Å². The number of hydrogen-bond acceptors (Lipinski definition) is 0. The Balaban J connectivity index is 3.29. The van der Waals surface area contributed by atoms with Gasteiger partial charge in [0, 0.05) is 10.2 Å². The summed E-state index contributed by atoms with van der Waals surface area (Å²) in [5.74, 6) is 0.750. The zero-order valence-corrected chi connectivity index (χ0v) is 8.50. The highest BCUT2D eigenvalue weighted by atomic mass is 79.9. The predicted octanol–water partition coefficient (Wildman–Crippen LogP) is 3.19. The Morgan fingerprint density at radius 2 is 2.00 bits per heavy atom. The van der Waals surface area contributed by atoms with Crippen LogP contribution in [0.4, 0.5) is 0 Å². The van der Waals surface area contributed by atoms with Gasteiger partial charge in [-0.25, -0.2) is 0 Å². The minimum absolute atomic E-state index is 0.682. The Bertz CT molecular complexity index is 46.5. The fraction of sp³-hybridized carbons (Fsp3) is 1.00. The molecule has 2 unspecified atom stereocenters. The van der Waals surface area contributed by atoms with Crippen molar-refractivity contribution in [2.24, 2.45) is 5.92 Å². The molecular weight excluding hydrogens is 232 g/mol. The number of rotatable bonds is 3. The first kappa shape index (κ1) is 8.96. The molecule has 0 saturated heterocycles. The Kier molecular flexibility index (Phi) is 5.38. The lowest BCUT2D eigenvalue weighted by molar-refractivity contribution is 0.616. The van der Waals surface area contributed by atoms with Crippen molar-refractivity contribution < 1.29 is 0 Å². The third-order valence-corrected chi connectivity index (χ3v) is 3.82. The van der Waals surface area contributed by atoms with E-state index in [-0.39, 0.29) is 0 Å². The maximum absolute atomic E-state index is 3.57. The van der Waals surface area contributed by atoms with Crippen molar-refractivity contribution in [3.05, 3.63) is 0 Å². The first-order chi connectivity index (χ1) is 3.72. The van der Waals surface area contributed by atoms with Gasteiger partial charge in [0.15, 0.2) is 0 Å². The summed E-state index contributed by atoms with van der Waals surface area (Å²) in [4.78, 5) is 0.682. The van der Waals surface area contributed by atoms with Crippen LogP contribution in [-0.4, -0.2) is 10.2 Å². The van der Waals surface area contributed by atoms with Crippen LogP contribution in [0.3, 0.4) is 0 Å². The van der Waals surface area contributed by atoms with E-state index in [0.29, 0.717) is 4.83 Å². The SMILES string of the molecule is CCC(Br)C(C)CBr. The molecule has 0 nitrogen and oxygen atoms in total. The molecule has 0 saturated carbocycles. The van der Waals surface area contributed by atoms with Crippen molar-refractivity contribution in [2.75, 3.05) is 5.33 Å². The lowest BCUT2D eigenvalue weighted by atomic mass is 10.1. The first-order valence-corrected chi connectivity index (χ1v) is 4.96. The van der Waals surface area contributed by atoms with Gasteiger partial charge in [0.1, 0.15) is 0 Å². The minimum Gasteiger partial charge on any atom is -0.0925 e. The normalized spacial score (nSPS) is 18.0. The molecular formula is C6H12Br2. The molecule has 0 heterocycles. The monoisotopic (exact) mass is 242 g/mol. The van der Waals surface area contributed by atoms with Crippen LogP contribution in [0.25, 0.3) is 0 Å². The van der Waals surface area contributed by atoms with Crippen LogP contribution in [-0.2, 0) is 0 Å². The average molecular weight is 244 g/mol. The standard InChI is InChI=1S/C6H12Br2/c1-3-6(8)5(2)4-7/h5-6H,3-4H2,1-2H3. The second kappa shape index (κ2) is 4.80. The Morgan fingerprint density at radius 1 is 1.50 bits per heavy atom. The van der Waals surface area contributed by atoms with Gasteiger partial charge in [-0.05, 0) is 12.3 Å². The van der Waals surface area contributed by atoms with Crippen LogP contribution in [0.1, 0.15) is 20.3 Å². The lowest BCUT2D eigenvalue weighted by Gasteiger charge is -2.11. The molecule has 0 aliphatic rings. The van der Waals surface area contributed by atoms with E-state index in [1.165, 1.54) is 6.42 Å². The minimum atomic E-state index is 0.682. The molecule has 0 amide bonds. The third-order valence-electron chi connectivity index (χ3n) is 1.25. The third kappa shape index (κ3) is 3.08. The van der Waals surface area contributed by atoms with E-state index in [0.717, 1.165) is 11.2 Å². The summed E-state index contributed by atoms with van der Waals surface area (Å²) < 4.78 is 0. The van der Waals surface area contributed by atoms with E-state index in [4.69, 9.17) is 0 Å². The van der Waals surface area contributed by atoms with Crippen LogP contribution in [0, 0.1) is 5.92 Å². The molecule has 0 spiro atoms. The van der Waals surface area contributed by atoms with Gasteiger partial charge in [0.2, 0.25) is 0 Å². The molecule has 0 aliphatic carbocycles. The smallest absolute Gasteiger partial charge is 0.0176 e. The van der Waals surface area contributed by atoms with Crippen molar-refractivity contribution in [1.82, 2.24) is 0 Å². The Morgan fingerprint density at radius 3 is 2.12 bits per heavy atom. The molecule has 0 radical (unpaired) electrons. The molecule has 0 aliphatic heterocycles. The molecule has 2 heteroatoms. The summed E-state index contributed by atoms with van der Waals surface area (Å²) in [6.07, 6.45) is 1.22. The summed E-state index contributed by atoms with van der Waals surface area (Å²) >= 11 is 7.00. The fourth-order valence-corrected chi connectivity index (χ4v) is 1.64. The maximum Gasteiger partial charge on any atom is 0.0176 e. The summed E-state index contributed by atoms with van der Waals surface area (Å²) in [6.45, 7) is 4.43. The van der Waals surface area contributed by atoms with Gasteiger partial charge in [-0.15, -0.1) is 0 Å². The van der Waals surface area contributed by atoms with E-state index in [1.54, 1.807) is 0 Å². The molecule has 0 N–H and O–H groups in total. The molecule has 0 aromatic carbocycles. The Labute approximate surface area is 68.3 Å². The highest BCUT2D eigenvalue weighted by Gasteiger charge is 2.08. The topological polar surface area (TPSA) is 0 Å². The molecule has 0 bridgehead atoms. The van der Waals surface area contributed by atoms with Crippen molar-refractivity contribution in [3.8, 4) is 0 Å². The summed E-state index contributed by atoms with van der Waals surface area (Å²) in [7, 11) is 0. The van der Waals surface area contributed by atoms with Gasteiger partial charge in [0.05, 0.1) is 0 Å². The molecule has 8 heavy (non-hydrogen) atoms. The zero-order chi connectivity index (χ0) is 6.57. The van der Waals surface area contributed by atoms with Crippen LogP contribution in [0.2, 0.25) is 0 Å². The van der Waals surface area contributed by atoms with E-state index >= 15 is 0 Å². The predicted molar refractivity (Wildman–Crippen MR) is 46.0 cm³/mol. The van der Waals surface area contributed by atoms with Crippen LogP contribution >= 0.6 is 31.9 Å². The quantitative estimate of drug-likeness (QED) is 0.668. The number of hydrogen-bond donors (Lipinski definition) is 0. The molecule has 2 atom stereocenters. The van der Waals surface area contributed by atoms with E-state index in [9.17, 15) is 0 Å². The van der Waals surface area contributed by atoms with Crippen LogP contribution in [0.5, 0.6) is 0 Å². The van der Waals surface area contributed by atoms with E-state index in [2.05, 4.69) is 45.7 Å². The van der Waals surface area contributed by atoms with Gasteiger partial charge in [-0.3, -0.25) is 0 Å². The van der Waals surface area contributed by atoms with Gasteiger partial charge in [0.25, 0.3) is 0 Å². The largest absolute Gasteiger partial charge is 0.0925 e. The van der Waals surface area contributed by atoms with Gasteiger partial charge >= 0.3 is 0 Å². The first-order valence-electron chi connectivity index (χ1n) is 2.92. The van der Waals surface area contributed by atoms with Gasteiger partial charge < -0.3 is 0 Å². The fourth-order valence-electron chi connectivity index (χ4n) is 0.499. The van der Waals surface area contributed by atoms with E-state index < -0.39 is 0 Å². The highest BCUT2D eigenvalue weighted by Crippen LogP contribution is 2.17. The van der Waals surface area contributed by atoms with E-state index in [1.807, 2.05) is 0 Å². The zero-order valence-electron chi connectivity index (χ0n) is 5.32. The van der Waals surface area contributed by atoms with Gasteiger partial charge in [-0.1, -0.05) is 45.7 Å².